The van der Waals surface area contributed by atoms with Gasteiger partial charge >= 0.3 is 5.69 Å². The highest BCUT2D eigenvalue weighted by Gasteiger charge is 2.25. The van der Waals surface area contributed by atoms with Crippen LogP contribution in [0.15, 0.2) is 52.1 Å². The summed E-state index contributed by atoms with van der Waals surface area (Å²) in [4.78, 5) is 30.3. The summed E-state index contributed by atoms with van der Waals surface area (Å²) < 4.78 is 1.22. The van der Waals surface area contributed by atoms with Crippen LogP contribution >= 0.6 is 0 Å². The lowest BCUT2D eigenvalue weighted by Gasteiger charge is -2.30. The Hall–Kier alpha value is -3.28. The fraction of sp³-hybridized carbons (Fsp3) is 0.200. The van der Waals surface area contributed by atoms with E-state index in [1.54, 1.807) is 0 Å². The second kappa shape index (κ2) is 5.91. The van der Waals surface area contributed by atoms with Gasteiger partial charge in [0.1, 0.15) is 11.5 Å². The molecule has 0 spiro atoms. The van der Waals surface area contributed by atoms with Crippen molar-refractivity contribution >= 4 is 22.9 Å². The van der Waals surface area contributed by atoms with Crippen molar-refractivity contribution in [1.82, 2.24) is 9.55 Å². The zero-order valence-electron chi connectivity index (χ0n) is 15.0. The lowest BCUT2D eigenvalue weighted by atomic mass is 10.1. The van der Waals surface area contributed by atoms with Crippen LogP contribution in [0, 0.1) is 13.8 Å². The molecule has 2 N–H and O–H groups in total. The lowest BCUT2D eigenvalue weighted by molar-refractivity contribution is 0.700. The van der Waals surface area contributed by atoms with E-state index in [0.29, 0.717) is 11.5 Å². The number of aryl methyl sites for hydroxylation is 2. The fourth-order valence-electron chi connectivity index (χ4n) is 3.27. The summed E-state index contributed by atoms with van der Waals surface area (Å²) in [5.41, 5.74) is 4.62. The highest BCUT2D eigenvalue weighted by molar-refractivity contribution is 5.89. The zero-order valence-corrected chi connectivity index (χ0v) is 15.0. The Kier molecular flexibility index (Phi) is 3.68. The second-order valence-corrected chi connectivity index (χ2v) is 6.67. The molecule has 1 aromatic heterocycles. The average molecular weight is 348 g/mol. The van der Waals surface area contributed by atoms with Crippen LogP contribution in [0.5, 0.6) is 0 Å². The van der Waals surface area contributed by atoms with Crippen molar-refractivity contribution in [3.8, 4) is 0 Å². The van der Waals surface area contributed by atoms with Gasteiger partial charge in [0.05, 0.1) is 17.9 Å². The topological polar surface area (TPSA) is 70.1 Å². The molecule has 0 bridgehead atoms. The van der Waals surface area contributed by atoms with E-state index in [1.165, 1.54) is 4.57 Å². The van der Waals surface area contributed by atoms with Gasteiger partial charge in [0.2, 0.25) is 0 Å². The maximum absolute atomic E-state index is 13.0. The molecule has 26 heavy (non-hydrogen) atoms. The third kappa shape index (κ3) is 2.50. The number of H-pyrrole nitrogens is 1. The van der Waals surface area contributed by atoms with Gasteiger partial charge in [-0.1, -0.05) is 30.3 Å². The Morgan fingerprint density at radius 3 is 2.42 bits per heavy atom. The molecule has 2 heterocycles. The molecule has 1 aliphatic heterocycles. The van der Waals surface area contributed by atoms with Crippen molar-refractivity contribution < 1.29 is 0 Å². The number of aromatic amines is 1. The third-order valence-electron chi connectivity index (χ3n) is 4.92. The van der Waals surface area contributed by atoms with Gasteiger partial charge in [-0.15, -0.1) is 0 Å². The Morgan fingerprint density at radius 1 is 1.00 bits per heavy atom. The summed E-state index contributed by atoms with van der Waals surface area (Å²) in [6, 6.07) is 13.5. The number of hydrogen-bond acceptors (Lipinski definition) is 4. The van der Waals surface area contributed by atoms with E-state index in [0.717, 1.165) is 28.1 Å². The van der Waals surface area contributed by atoms with Gasteiger partial charge in [0, 0.05) is 7.05 Å². The molecule has 0 aliphatic carbocycles. The molecule has 1 aliphatic rings. The van der Waals surface area contributed by atoms with Crippen molar-refractivity contribution in [3.63, 3.8) is 0 Å². The largest absolute Gasteiger partial charge is 0.346 e. The Morgan fingerprint density at radius 2 is 1.69 bits per heavy atom. The summed E-state index contributed by atoms with van der Waals surface area (Å²) in [5, 5.41) is 3.22. The standard InChI is InChI=1S/C20H20N4O2/c1-12-9-15-16(10-13(12)2)23(3)18-17(21-15)19(25)24(20(26)22-18)11-14-7-5-4-6-8-14/h4-10,21H,11H2,1-3H3,(H,22,26). The number of fused-ring (bicyclic) bond motifs is 2. The predicted octanol–water partition coefficient (Wildman–Crippen LogP) is 3.03. The van der Waals surface area contributed by atoms with Crippen LogP contribution in [-0.2, 0) is 6.54 Å². The summed E-state index contributed by atoms with van der Waals surface area (Å²) in [6.45, 7) is 4.31. The highest BCUT2D eigenvalue weighted by Crippen LogP contribution is 2.40. The quantitative estimate of drug-likeness (QED) is 0.747. The number of anilines is 4. The van der Waals surface area contributed by atoms with Gasteiger partial charge in [0.25, 0.3) is 5.56 Å². The maximum atomic E-state index is 13.0. The van der Waals surface area contributed by atoms with Crippen molar-refractivity contribution in [3.05, 3.63) is 80.0 Å². The Balaban J connectivity index is 1.85. The normalized spacial score (nSPS) is 12.3. The van der Waals surface area contributed by atoms with E-state index in [1.807, 2.05) is 62.2 Å². The monoisotopic (exact) mass is 348 g/mol. The van der Waals surface area contributed by atoms with Crippen LogP contribution in [0.25, 0.3) is 0 Å². The van der Waals surface area contributed by atoms with E-state index in [9.17, 15) is 9.59 Å². The first-order chi connectivity index (χ1) is 12.5. The molecule has 6 nitrogen and oxygen atoms in total. The Bertz CT molecular complexity index is 1110. The molecule has 0 fully saturated rings. The molecule has 6 heteroatoms. The van der Waals surface area contributed by atoms with Crippen LogP contribution in [-0.4, -0.2) is 16.6 Å². The molecule has 4 rings (SSSR count). The van der Waals surface area contributed by atoms with Gasteiger partial charge in [-0.05, 0) is 42.7 Å². The van der Waals surface area contributed by atoms with Gasteiger partial charge in [0.15, 0.2) is 0 Å². The number of nitrogens with one attached hydrogen (secondary N) is 2. The predicted molar refractivity (Wildman–Crippen MR) is 104 cm³/mol. The minimum Gasteiger partial charge on any atom is -0.346 e. The minimum absolute atomic E-state index is 0.230. The number of benzene rings is 2. The van der Waals surface area contributed by atoms with Gasteiger partial charge in [-0.25, -0.2) is 4.79 Å². The number of nitrogens with zero attached hydrogens (tertiary/aromatic N) is 2. The van der Waals surface area contributed by atoms with E-state index in [4.69, 9.17) is 0 Å². The third-order valence-corrected chi connectivity index (χ3v) is 4.92. The molecule has 0 radical (unpaired) electrons. The van der Waals surface area contributed by atoms with Crippen molar-refractivity contribution in [1.29, 1.82) is 0 Å². The van der Waals surface area contributed by atoms with E-state index in [2.05, 4.69) is 16.4 Å². The number of aromatic nitrogens is 2. The summed E-state index contributed by atoms with van der Waals surface area (Å²) in [5.74, 6) is 0.486. The number of hydrogen-bond donors (Lipinski definition) is 2. The van der Waals surface area contributed by atoms with Gasteiger partial charge in [-0.3, -0.25) is 14.3 Å². The molecule has 0 atom stereocenters. The van der Waals surface area contributed by atoms with E-state index < -0.39 is 5.69 Å². The second-order valence-electron chi connectivity index (χ2n) is 6.67. The molecule has 2 aromatic carbocycles. The van der Waals surface area contributed by atoms with Crippen LogP contribution in [0.1, 0.15) is 16.7 Å². The SMILES string of the molecule is Cc1cc2c(cc1C)N(C)c1[nH]c(=O)n(Cc3ccccc3)c(=O)c1N2. The minimum atomic E-state index is -0.418. The smallest absolute Gasteiger partial charge is 0.330 e. The summed E-state index contributed by atoms with van der Waals surface area (Å²) in [7, 11) is 1.85. The van der Waals surface area contributed by atoms with Gasteiger partial charge in [-0.2, -0.15) is 0 Å². The molecule has 0 amide bonds. The zero-order chi connectivity index (χ0) is 18.4. The number of rotatable bonds is 2. The lowest BCUT2D eigenvalue weighted by Crippen LogP contribution is -2.39. The molecule has 3 aromatic rings. The molecule has 0 saturated heterocycles. The summed E-state index contributed by atoms with van der Waals surface area (Å²) in [6.07, 6.45) is 0. The van der Waals surface area contributed by atoms with E-state index in [-0.39, 0.29) is 12.1 Å². The first-order valence-electron chi connectivity index (χ1n) is 8.49. The van der Waals surface area contributed by atoms with Crippen LogP contribution < -0.4 is 21.5 Å². The highest BCUT2D eigenvalue weighted by atomic mass is 16.2. The molecular formula is C20H20N4O2. The fourth-order valence-corrected chi connectivity index (χ4v) is 3.27. The molecular weight excluding hydrogens is 328 g/mol. The molecule has 0 saturated carbocycles. The molecule has 132 valence electrons. The van der Waals surface area contributed by atoms with Crippen molar-refractivity contribution in [2.75, 3.05) is 17.3 Å². The first kappa shape index (κ1) is 16.2. The Labute approximate surface area is 150 Å². The average Bonchev–Trinajstić information content (AvgIpc) is 2.63. The van der Waals surface area contributed by atoms with Crippen molar-refractivity contribution in [2.45, 2.75) is 20.4 Å². The van der Waals surface area contributed by atoms with E-state index >= 15 is 0 Å². The maximum Gasteiger partial charge on any atom is 0.330 e. The molecule has 0 unspecified atom stereocenters. The summed E-state index contributed by atoms with van der Waals surface area (Å²) >= 11 is 0. The first-order valence-corrected chi connectivity index (χ1v) is 8.49. The van der Waals surface area contributed by atoms with Crippen molar-refractivity contribution in [2.24, 2.45) is 0 Å². The van der Waals surface area contributed by atoms with Crippen LogP contribution in [0.4, 0.5) is 22.9 Å². The van der Waals surface area contributed by atoms with Crippen LogP contribution in [0.2, 0.25) is 0 Å². The van der Waals surface area contributed by atoms with Gasteiger partial charge < -0.3 is 10.2 Å². The van der Waals surface area contributed by atoms with Crippen LogP contribution in [0.3, 0.4) is 0 Å².